The predicted octanol–water partition coefficient (Wildman–Crippen LogP) is 5.19. The number of carbonyl (C=O) groups is 2. The third kappa shape index (κ3) is 6.87. The Hall–Kier alpha value is -4.28. The van der Waals surface area contributed by atoms with Gasteiger partial charge in [-0.3, -0.25) is 13.9 Å². The first-order valence-corrected chi connectivity index (χ1v) is 17.7. The van der Waals surface area contributed by atoms with Crippen LogP contribution >= 0.6 is 22.7 Å². The molecule has 2 aromatic heterocycles. The van der Waals surface area contributed by atoms with Crippen molar-refractivity contribution in [2.45, 2.75) is 15.6 Å². The zero-order chi connectivity index (χ0) is 32.4. The van der Waals surface area contributed by atoms with Crippen molar-refractivity contribution in [3.63, 3.8) is 0 Å². The van der Waals surface area contributed by atoms with Crippen molar-refractivity contribution in [3.05, 3.63) is 95.9 Å². The number of rotatable bonds is 13. The van der Waals surface area contributed by atoms with Crippen LogP contribution in [0.25, 0.3) is 20.5 Å². The minimum atomic E-state index is -4.43. The summed E-state index contributed by atoms with van der Waals surface area (Å²) in [4.78, 5) is 24.3. The van der Waals surface area contributed by atoms with E-state index in [1.165, 1.54) is 54.8 Å². The monoisotopic (exact) mass is 686 g/mol. The molecule has 2 heterocycles. The molecule has 45 heavy (non-hydrogen) atoms. The minimum Gasteiger partial charge on any atom is -0.497 e. The van der Waals surface area contributed by atoms with E-state index in [0.29, 0.717) is 20.7 Å². The number of benzene rings is 3. The Kier molecular flexibility index (Phi) is 9.27. The molecule has 3 aromatic carbocycles. The highest BCUT2D eigenvalue weighted by Crippen LogP contribution is 2.37. The molecular weight excluding hydrogens is 661 g/mol. The van der Waals surface area contributed by atoms with Crippen LogP contribution in [-0.4, -0.2) is 63.5 Å². The molecule has 0 saturated heterocycles. The zero-order valence-electron chi connectivity index (χ0n) is 23.6. The lowest BCUT2D eigenvalue weighted by Crippen LogP contribution is -2.36. The molecule has 0 radical (unpaired) electrons. The third-order valence-electron chi connectivity index (χ3n) is 6.71. The first-order chi connectivity index (χ1) is 21.4. The summed E-state index contributed by atoms with van der Waals surface area (Å²) >= 11 is 2.24. The quantitative estimate of drug-likeness (QED) is 0.170. The maximum Gasteiger partial charge on any atom is 0.324 e. The van der Waals surface area contributed by atoms with Crippen molar-refractivity contribution in [1.82, 2.24) is 4.31 Å². The molecule has 11 nitrogen and oxygen atoms in total. The van der Waals surface area contributed by atoms with Gasteiger partial charge in [0.1, 0.15) is 23.0 Å². The molecule has 0 bridgehead atoms. The average molecular weight is 687 g/mol. The number of carboxylic acid groups (broad SMARTS) is 2. The molecule has 0 unspecified atom stereocenters. The lowest BCUT2D eigenvalue weighted by Gasteiger charge is -2.25. The largest absolute Gasteiger partial charge is 0.497 e. The SMILES string of the molecule is COc1ccc(S(=O)(=O)N(CC(=O)O)c2cc(CN(CC(=O)O)S(=O)(=O)c3ccc(-c4ccccc4)s3)cc3sccc23)cc1. The topological polar surface area (TPSA) is 159 Å². The molecule has 0 spiro atoms. The van der Waals surface area contributed by atoms with E-state index in [0.717, 1.165) is 25.5 Å². The Labute approximate surface area is 267 Å². The third-order valence-corrected chi connectivity index (χ3v) is 12.7. The standard InChI is InChI=1S/C30H26N2O9S4/c1-41-22-7-9-23(10-8-22)44(37,38)32(19-29(35)36)25-15-20(16-27-24(25)13-14-42-27)17-31(18-28(33)34)45(39,40)30-12-11-26(43-30)21-5-3-2-4-6-21/h2-16H,17-19H2,1H3,(H,33,34)(H,35,36). The second-order valence-corrected chi connectivity index (χ2v) is 15.7. The number of fused-ring (bicyclic) bond motifs is 1. The summed E-state index contributed by atoms with van der Waals surface area (Å²) in [5.74, 6) is -2.39. The summed E-state index contributed by atoms with van der Waals surface area (Å²) in [5, 5.41) is 21.5. The number of methoxy groups -OCH3 is 1. The normalized spacial score (nSPS) is 12.0. The Bertz CT molecular complexity index is 2070. The van der Waals surface area contributed by atoms with Crippen molar-refractivity contribution in [2.24, 2.45) is 0 Å². The summed E-state index contributed by atoms with van der Waals surface area (Å²) in [6.07, 6.45) is 0. The van der Waals surface area contributed by atoms with Gasteiger partial charge in [0.05, 0.1) is 17.7 Å². The maximum absolute atomic E-state index is 13.8. The van der Waals surface area contributed by atoms with Crippen LogP contribution in [0.2, 0.25) is 0 Å². The smallest absolute Gasteiger partial charge is 0.324 e. The lowest BCUT2D eigenvalue weighted by molar-refractivity contribution is -0.137. The summed E-state index contributed by atoms with van der Waals surface area (Å²) in [5.41, 5.74) is 1.08. The van der Waals surface area contributed by atoms with Gasteiger partial charge in [0, 0.05) is 21.5 Å². The number of hydrogen-bond donors (Lipinski definition) is 2. The molecule has 15 heteroatoms. The van der Waals surface area contributed by atoms with Crippen LogP contribution in [0.3, 0.4) is 0 Å². The summed E-state index contributed by atoms with van der Waals surface area (Å²) in [6, 6.07) is 22.3. The van der Waals surface area contributed by atoms with Crippen molar-refractivity contribution in [3.8, 4) is 16.2 Å². The lowest BCUT2D eigenvalue weighted by atomic mass is 10.1. The highest BCUT2D eigenvalue weighted by Gasteiger charge is 2.32. The van der Waals surface area contributed by atoms with E-state index in [4.69, 9.17) is 4.74 Å². The minimum absolute atomic E-state index is 0.0112. The summed E-state index contributed by atoms with van der Waals surface area (Å²) in [7, 11) is -7.32. The molecule has 0 aliphatic carbocycles. The molecule has 0 aliphatic rings. The summed E-state index contributed by atoms with van der Waals surface area (Å²) < 4.78 is 62.3. The Balaban J connectivity index is 1.57. The van der Waals surface area contributed by atoms with Crippen LogP contribution in [0.5, 0.6) is 5.75 Å². The van der Waals surface area contributed by atoms with Crippen molar-refractivity contribution in [2.75, 3.05) is 24.5 Å². The van der Waals surface area contributed by atoms with Crippen LogP contribution in [-0.2, 0) is 36.2 Å². The molecular formula is C30H26N2O9S4. The van der Waals surface area contributed by atoms with Gasteiger partial charge in [-0.25, -0.2) is 16.8 Å². The number of thiophene rings is 2. The fourth-order valence-corrected chi connectivity index (χ4v) is 9.76. The molecule has 2 N–H and O–H groups in total. The second-order valence-electron chi connectivity index (χ2n) is 9.68. The Morgan fingerprint density at radius 1 is 0.822 bits per heavy atom. The van der Waals surface area contributed by atoms with Gasteiger partial charge >= 0.3 is 11.9 Å². The second kappa shape index (κ2) is 13.0. The molecule has 0 atom stereocenters. The molecule has 0 aliphatic heterocycles. The molecule has 0 saturated carbocycles. The van der Waals surface area contributed by atoms with E-state index in [9.17, 15) is 36.6 Å². The van der Waals surface area contributed by atoms with Crippen LogP contribution in [0, 0.1) is 0 Å². The van der Waals surface area contributed by atoms with Gasteiger partial charge in [-0.15, -0.1) is 22.7 Å². The zero-order valence-corrected chi connectivity index (χ0v) is 26.8. The number of carboxylic acids is 2. The van der Waals surface area contributed by atoms with E-state index >= 15 is 0 Å². The van der Waals surface area contributed by atoms with Crippen molar-refractivity contribution >= 4 is 70.4 Å². The highest BCUT2D eigenvalue weighted by atomic mass is 32.2. The van der Waals surface area contributed by atoms with Gasteiger partial charge in [0.2, 0.25) is 0 Å². The number of anilines is 1. The number of ether oxygens (including phenoxy) is 1. The molecule has 5 aromatic rings. The highest BCUT2D eigenvalue weighted by molar-refractivity contribution is 7.93. The first kappa shape index (κ1) is 32.1. The van der Waals surface area contributed by atoms with Crippen molar-refractivity contribution in [1.29, 1.82) is 0 Å². The molecule has 0 amide bonds. The number of aliphatic carboxylic acids is 2. The van der Waals surface area contributed by atoms with Gasteiger partial charge < -0.3 is 14.9 Å². The summed E-state index contributed by atoms with van der Waals surface area (Å²) in [6.45, 7) is -2.20. The van der Waals surface area contributed by atoms with Crippen LogP contribution < -0.4 is 9.04 Å². The predicted molar refractivity (Wildman–Crippen MR) is 172 cm³/mol. The van der Waals surface area contributed by atoms with E-state index in [2.05, 4.69) is 0 Å². The first-order valence-electron chi connectivity index (χ1n) is 13.2. The maximum atomic E-state index is 13.8. The number of sulfonamides is 2. The fraction of sp³-hybridized carbons (Fsp3) is 0.133. The molecule has 234 valence electrons. The van der Waals surface area contributed by atoms with Gasteiger partial charge in [0.25, 0.3) is 20.0 Å². The van der Waals surface area contributed by atoms with Gasteiger partial charge in [-0.2, -0.15) is 4.31 Å². The van der Waals surface area contributed by atoms with Crippen LogP contribution in [0.1, 0.15) is 5.56 Å². The molecule has 5 rings (SSSR count). The van der Waals surface area contributed by atoms with E-state index in [1.54, 1.807) is 23.6 Å². The van der Waals surface area contributed by atoms with Gasteiger partial charge in [-0.1, -0.05) is 30.3 Å². The Morgan fingerprint density at radius 2 is 1.51 bits per heavy atom. The average Bonchev–Trinajstić information content (AvgIpc) is 3.70. The van der Waals surface area contributed by atoms with Crippen molar-refractivity contribution < 1.29 is 41.4 Å². The van der Waals surface area contributed by atoms with E-state index in [1.807, 2.05) is 30.3 Å². The van der Waals surface area contributed by atoms with E-state index < -0.39 is 51.6 Å². The molecule has 0 fully saturated rings. The van der Waals surface area contributed by atoms with E-state index in [-0.39, 0.29) is 20.4 Å². The Morgan fingerprint density at radius 3 is 2.16 bits per heavy atom. The fourth-order valence-electron chi connectivity index (χ4n) is 4.63. The van der Waals surface area contributed by atoms with Gasteiger partial charge in [-0.05, 0) is 71.1 Å². The number of nitrogens with zero attached hydrogens (tertiary/aromatic N) is 2. The van der Waals surface area contributed by atoms with Gasteiger partial charge in [0.15, 0.2) is 0 Å². The van der Waals surface area contributed by atoms with Crippen LogP contribution in [0.4, 0.5) is 5.69 Å². The number of hydrogen-bond acceptors (Lipinski definition) is 9. The van der Waals surface area contributed by atoms with Crippen LogP contribution in [0.15, 0.2) is 99.4 Å².